The fourth-order valence-electron chi connectivity index (χ4n) is 1.30. The zero-order valence-electron chi connectivity index (χ0n) is 9.30. The molecule has 0 unspecified atom stereocenters. The summed E-state index contributed by atoms with van der Waals surface area (Å²) in [5.41, 5.74) is 6.53. The van der Waals surface area contributed by atoms with Gasteiger partial charge in [0.25, 0.3) is 0 Å². The summed E-state index contributed by atoms with van der Waals surface area (Å²) in [5.74, 6) is 0.455. The molecule has 1 amide bonds. The van der Waals surface area contributed by atoms with E-state index in [0.717, 1.165) is 11.0 Å². The third kappa shape index (κ3) is 2.81. The Hall–Kier alpha value is -2.37. The van der Waals surface area contributed by atoms with E-state index in [0.29, 0.717) is 12.4 Å². The second-order valence-electron chi connectivity index (χ2n) is 3.21. The van der Waals surface area contributed by atoms with Crippen molar-refractivity contribution in [2.75, 3.05) is 12.0 Å². The molecule has 0 saturated carbocycles. The maximum absolute atomic E-state index is 11.0. The molecule has 1 aromatic carbocycles. The summed E-state index contributed by atoms with van der Waals surface area (Å²) < 4.78 is 4.69. The monoisotopic (exact) mass is 232 g/mol. The Labute approximate surface area is 98.0 Å². The molecule has 2 rings (SSSR count). The maximum atomic E-state index is 11.0. The number of hydrogen-bond acceptors (Lipinski definition) is 5. The molecule has 2 N–H and O–H groups in total. The van der Waals surface area contributed by atoms with Crippen LogP contribution in [0.3, 0.4) is 0 Å². The molecule has 2 aromatic rings. The largest absolute Gasteiger partial charge is 0.449 e. The Balaban J connectivity index is 2.06. The van der Waals surface area contributed by atoms with E-state index in [1.807, 2.05) is 24.3 Å². The van der Waals surface area contributed by atoms with Crippen LogP contribution in [0.4, 0.5) is 10.6 Å². The number of para-hydroxylation sites is 2. The average Bonchev–Trinajstić information content (AvgIpc) is 2.36. The highest BCUT2D eigenvalue weighted by molar-refractivity contribution is 5.75. The zero-order chi connectivity index (χ0) is 12.1. The van der Waals surface area contributed by atoms with Gasteiger partial charge in [0.05, 0.1) is 23.8 Å². The van der Waals surface area contributed by atoms with E-state index >= 15 is 0 Å². The van der Waals surface area contributed by atoms with Crippen molar-refractivity contribution in [1.82, 2.24) is 15.4 Å². The molecule has 0 atom stereocenters. The molecule has 1 heterocycles. The highest BCUT2D eigenvalue weighted by Gasteiger charge is 2.01. The molecule has 0 saturated heterocycles. The Morgan fingerprint density at radius 2 is 2.12 bits per heavy atom. The molecule has 0 aliphatic rings. The van der Waals surface area contributed by atoms with Gasteiger partial charge in [-0.25, -0.2) is 15.2 Å². The number of carbonyl (C=O) groups is 1. The number of nitrogens with one attached hydrogen (secondary N) is 2. The van der Waals surface area contributed by atoms with E-state index in [1.54, 1.807) is 6.92 Å². The van der Waals surface area contributed by atoms with E-state index in [-0.39, 0.29) is 0 Å². The van der Waals surface area contributed by atoms with Gasteiger partial charge in [-0.15, -0.1) is 0 Å². The summed E-state index contributed by atoms with van der Waals surface area (Å²) in [4.78, 5) is 19.5. The van der Waals surface area contributed by atoms with Crippen LogP contribution in [0.15, 0.2) is 30.5 Å². The van der Waals surface area contributed by atoms with Crippen LogP contribution in [0.1, 0.15) is 6.92 Å². The van der Waals surface area contributed by atoms with Crippen LogP contribution in [0.5, 0.6) is 0 Å². The zero-order valence-corrected chi connectivity index (χ0v) is 9.30. The summed E-state index contributed by atoms with van der Waals surface area (Å²) in [6.07, 6.45) is 0.983. The molecular formula is C11H12N4O2. The van der Waals surface area contributed by atoms with E-state index in [4.69, 9.17) is 4.74 Å². The molecule has 0 spiro atoms. The molecule has 0 fully saturated rings. The first-order valence-corrected chi connectivity index (χ1v) is 5.20. The Kier molecular flexibility index (Phi) is 3.34. The van der Waals surface area contributed by atoms with Gasteiger partial charge in [-0.3, -0.25) is 10.4 Å². The fraction of sp³-hybridized carbons (Fsp3) is 0.182. The first kappa shape index (κ1) is 11.1. The summed E-state index contributed by atoms with van der Waals surface area (Å²) in [6.45, 7) is 2.05. The second-order valence-corrected chi connectivity index (χ2v) is 3.21. The van der Waals surface area contributed by atoms with Crippen molar-refractivity contribution in [1.29, 1.82) is 0 Å². The summed E-state index contributed by atoms with van der Waals surface area (Å²) in [7, 11) is 0. The van der Waals surface area contributed by atoms with Crippen molar-refractivity contribution in [2.24, 2.45) is 0 Å². The van der Waals surface area contributed by atoms with E-state index in [2.05, 4.69) is 20.8 Å². The summed E-state index contributed by atoms with van der Waals surface area (Å²) in [6, 6.07) is 7.48. The van der Waals surface area contributed by atoms with Gasteiger partial charge in [0.15, 0.2) is 5.82 Å². The standard InChI is InChI=1S/C11H12N4O2/c1-2-17-11(16)15-14-10-7-12-8-5-3-4-6-9(8)13-10/h3-7H,2H2,1H3,(H,13,14)(H,15,16). The van der Waals surface area contributed by atoms with Crippen LogP contribution in [0.25, 0.3) is 11.0 Å². The first-order chi connectivity index (χ1) is 8.29. The van der Waals surface area contributed by atoms with Crippen molar-refractivity contribution in [2.45, 2.75) is 6.92 Å². The molecule has 0 aliphatic heterocycles. The van der Waals surface area contributed by atoms with Gasteiger partial charge in [0, 0.05) is 0 Å². The molecule has 88 valence electrons. The number of anilines is 1. The molecule has 1 aromatic heterocycles. The first-order valence-electron chi connectivity index (χ1n) is 5.20. The predicted octanol–water partition coefficient (Wildman–Crippen LogP) is 1.70. The minimum atomic E-state index is -0.553. The van der Waals surface area contributed by atoms with Crippen molar-refractivity contribution >= 4 is 22.9 Å². The summed E-state index contributed by atoms with van der Waals surface area (Å²) in [5, 5.41) is 0. The number of benzene rings is 1. The van der Waals surface area contributed by atoms with E-state index < -0.39 is 6.09 Å². The van der Waals surface area contributed by atoms with Crippen LogP contribution in [0, 0.1) is 0 Å². The normalized spacial score (nSPS) is 9.94. The second kappa shape index (κ2) is 5.11. The van der Waals surface area contributed by atoms with Crippen molar-refractivity contribution < 1.29 is 9.53 Å². The number of hydrazine groups is 1. The van der Waals surface area contributed by atoms with Gasteiger partial charge in [-0.1, -0.05) is 12.1 Å². The van der Waals surface area contributed by atoms with Crippen molar-refractivity contribution in [3.05, 3.63) is 30.5 Å². The lowest BCUT2D eigenvalue weighted by atomic mass is 10.3. The highest BCUT2D eigenvalue weighted by atomic mass is 16.5. The minimum absolute atomic E-state index is 0.316. The lowest BCUT2D eigenvalue weighted by Gasteiger charge is -2.07. The number of fused-ring (bicyclic) bond motifs is 1. The van der Waals surface area contributed by atoms with E-state index in [9.17, 15) is 4.79 Å². The number of rotatable bonds is 3. The van der Waals surface area contributed by atoms with E-state index in [1.165, 1.54) is 6.20 Å². The average molecular weight is 232 g/mol. The predicted molar refractivity (Wildman–Crippen MR) is 63.3 cm³/mol. The van der Waals surface area contributed by atoms with Gasteiger partial charge in [0.1, 0.15) is 0 Å². The Bertz CT molecular complexity index is 530. The Morgan fingerprint density at radius 1 is 1.35 bits per heavy atom. The minimum Gasteiger partial charge on any atom is -0.449 e. The number of hydrogen-bond donors (Lipinski definition) is 2. The van der Waals surface area contributed by atoms with Crippen LogP contribution in [-0.4, -0.2) is 22.7 Å². The molecular weight excluding hydrogens is 220 g/mol. The molecule has 17 heavy (non-hydrogen) atoms. The van der Waals surface area contributed by atoms with Crippen LogP contribution in [0.2, 0.25) is 0 Å². The fourth-order valence-corrected chi connectivity index (χ4v) is 1.30. The molecule has 0 radical (unpaired) electrons. The van der Waals surface area contributed by atoms with Gasteiger partial charge in [0.2, 0.25) is 0 Å². The molecule has 6 heteroatoms. The number of nitrogens with zero attached hydrogens (tertiary/aromatic N) is 2. The third-order valence-electron chi connectivity index (χ3n) is 2.02. The van der Waals surface area contributed by atoms with Gasteiger partial charge < -0.3 is 4.74 Å². The van der Waals surface area contributed by atoms with Crippen LogP contribution in [-0.2, 0) is 4.74 Å². The maximum Gasteiger partial charge on any atom is 0.425 e. The number of ether oxygens (including phenoxy) is 1. The van der Waals surface area contributed by atoms with Gasteiger partial charge in [-0.05, 0) is 19.1 Å². The lowest BCUT2D eigenvalue weighted by Crippen LogP contribution is -2.30. The van der Waals surface area contributed by atoms with Crippen LogP contribution >= 0.6 is 0 Å². The van der Waals surface area contributed by atoms with Gasteiger partial charge >= 0.3 is 6.09 Å². The molecule has 0 bridgehead atoms. The quantitative estimate of drug-likeness (QED) is 0.788. The summed E-state index contributed by atoms with van der Waals surface area (Å²) >= 11 is 0. The van der Waals surface area contributed by atoms with Crippen molar-refractivity contribution in [3.63, 3.8) is 0 Å². The smallest absolute Gasteiger partial charge is 0.425 e. The molecule has 0 aliphatic carbocycles. The third-order valence-corrected chi connectivity index (χ3v) is 2.02. The number of amides is 1. The lowest BCUT2D eigenvalue weighted by molar-refractivity contribution is 0.154. The van der Waals surface area contributed by atoms with Gasteiger partial charge in [-0.2, -0.15) is 0 Å². The topological polar surface area (TPSA) is 76.1 Å². The SMILES string of the molecule is CCOC(=O)NNc1cnc2ccccc2n1. The number of carbonyl (C=O) groups excluding carboxylic acids is 1. The highest BCUT2D eigenvalue weighted by Crippen LogP contribution is 2.10. The van der Waals surface area contributed by atoms with Crippen LogP contribution < -0.4 is 10.9 Å². The Morgan fingerprint density at radius 3 is 2.88 bits per heavy atom. The van der Waals surface area contributed by atoms with Crippen molar-refractivity contribution in [3.8, 4) is 0 Å². The molecule has 6 nitrogen and oxygen atoms in total. The number of aromatic nitrogens is 2.